The maximum Gasteiger partial charge on any atom is 0.117 e. The third kappa shape index (κ3) is 3.59. The Morgan fingerprint density at radius 3 is 2.94 bits per heavy atom. The van der Waals surface area contributed by atoms with Gasteiger partial charge in [0, 0.05) is 25.2 Å². The van der Waals surface area contributed by atoms with Gasteiger partial charge in [0.1, 0.15) is 5.76 Å². The molecule has 18 heavy (non-hydrogen) atoms. The summed E-state index contributed by atoms with van der Waals surface area (Å²) >= 11 is 0. The molecule has 2 rings (SSSR count). The fraction of sp³-hybridized carbons (Fsp3) is 0.733. The van der Waals surface area contributed by atoms with Gasteiger partial charge in [0.05, 0.1) is 12.8 Å². The van der Waals surface area contributed by atoms with E-state index in [0.29, 0.717) is 12.1 Å². The Morgan fingerprint density at radius 2 is 2.33 bits per heavy atom. The maximum atomic E-state index is 5.48. The van der Waals surface area contributed by atoms with Crippen LogP contribution in [-0.2, 0) is 6.54 Å². The van der Waals surface area contributed by atoms with Crippen molar-refractivity contribution in [3.63, 3.8) is 0 Å². The first-order valence-corrected chi connectivity index (χ1v) is 7.18. The quantitative estimate of drug-likeness (QED) is 0.871. The van der Waals surface area contributed by atoms with E-state index in [2.05, 4.69) is 37.1 Å². The van der Waals surface area contributed by atoms with Crippen molar-refractivity contribution in [3.05, 3.63) is 24.2 Å². The van der Waals surface area contributed by atoms with Gasteiger partial charge in [-0.25, -0.2) is 0 Å². The molecular formula is C15H26N2O. The van der Waals surface area contributed by atoms with E-state index >= 15 is 0 Å². The Hall–Kier alpha value is -0.800. The first kappa shape index (κ1) is 13.6. The Morgan fingerprint density at radius 1 is 1.50 bits per heavy atom. The molecule has 1 N–H and O–H groups in total. The minimum atomic E-state index is 0.628. The van der Waals surface area contributed by atoms with Crippen LogP contribution in [0.5, 0.6) is 0 Å². The highest BCUT2D eigenvalue weighted by molar-refractivity contribution is 4.99. The molecule has 3 nitrogen and oxygen atoms in total. The number of nitrogens with zero attached hydrogens (tertiary/aromatic N) is 1. The van der Waals surface area contributed by atoms with Crippen LogP contribution in [0.15, 0.2) is 22.8 Å². The highest BCUT2D eigenvalue weighted by atomic mass is 16.3. The summed E-state index contributed by atoms with van der Waals surface area (Å²) in [6.45, 7) is 10.0. The van der Waals surface area contributed by atoms with Crippen molar-refractivity contribution in [1.82, 2.24) is 10.2 Å². The van der Waals surface area contributed by atoms with E-state index in [4.69, 9.17) is 4.42 Å². The van der Waals surface area contributed by atoms with Crippen LogP contribution in [0.1, 0.15) is 39.4 Å². The van der Waals surface area contributed by atoms with Crippen LogP contribution in [0.4, 0.5) is 0 Å². The topological polar surface area (TPSA) is 28.4 Å². The molecule has 1 aliphatic heterocycles. The van der Waals surface area contributed by atoms with Gasteiger partial charge in [-0.2, -0.15) is 0 Å². The van der Waals surface area contributed by atoms with Crippen LogP contribution < -0.4 is 5.32 Å². The van der Waals surface area contributed by atoms with Crippen molar-refractivity contribution in [2.75, 3.05) is 13.1 Å². The SMILES string of the molecule is CCC1CNC(CC(C)C)CN1Cc1ccco1. The van der Waals surface area contributed by atoms with Gasteiger partial charge in [-0.15, -0.1) is 0 Å². The first-order chi connectivity index (χ1) is 8.69. The molecule has 0 spiro atoms. The minimum absolute atomic E-state index is 0.628. The molecule has 3 heteroatoms. The van der Waals surface area contributed by atoms with Crippen LogP contribution in [0.3, 0.4) is 0 Å². The average Bonchev–Trinajstić information content (AvgIpc) is 2.81. The molecule has 1 aromatic rings. The molecule has 2 heterocycles. The molecule has 1 fully saturated rings. The van der Waals surface area contributed by atoms with E-state index in [1.165, 1.54) is 12.8 Å². The Kier molecular flexibility index (Phi) is 4.84. The van der Waals surface area contributed by atoms with Crippen LogP contribution in [0.2, 0.25) is 0 Å². The smallest absolute Gasteiger partial charge is 0.117 e. The zero-order chi connectivity index (χ0) is 13.0. The highest BCUT2D eigenvalue weighted by Crippen LogP contribution is 2.18. The molecule has 0 amide bonds. The summed E-state index contributed by atoms with van der Waals surface area (Å²) in [4.78, 5) is 2.57. The zero-order valence-electron chi connectivity index (χ0n) is 11.9. The van der Waals surface area contributed by atoms with Crippen LogP contribution in [-0.4, -0.2) is 30.1 Å². The van der Waals surface area contributed by atoms with Gasteiger partial charge in [-0.3, -0.25) is 4.90 Å². The summed E-state index contributed by atoms with van der Waals surface area (Å²) in [7, 11) is 0. The van der Waals surface area contributed by atoms with Crippen molar-refractivity contribution < 1.29 is 4.42 Å². The van der Waals surface area contributed by atoms with E-state index in [1.54, 1.807) is 6.26 Å². The highest BCUT2D eigenvalue weighted by Gasteiger charge is 2.27. The molecule has 2 unspecified atom stereocenters. The summed E-state index contributed by atoms with van der Waals surface area (Å²) in [5.74, 6) is 1.84. The second-order valence-electron chi connectivity index (χ2n) is 5.81. The van der Waals surface area contributed by atoms with E-state index in [0.717, 1.165) is 31.3 Å². The zero-order valence-corrected chi connectivity index (χ0v) is 11.9. The van der Waals surface area contributed by atoms with Crippen molar-refractivity contribution in [1.29, 1.82) is 0 Å². The molecule has 1 aliphatic rings. The third-order valence-corrected chi connectivity index (χ3v) is 3.78. The fourth-order valence-electron chi connectivity index (χ4n) is 2.85. The van der Waals surface area contributed by atoms with Gasteiger partial charge in [-0.1, -0.05) is 20.8 Å². The molecule has 102 valence electrons. The number of piperazine rings is 1. The second kappa shape index (κ2) is 6.39. The van der Waals surface area contributed by atoms with E-state index in [9.17, 15) is 0 Å². The number of rotatable bonds is 5. The molecule has 0 bridgehead atoms. The largest absolute Gasteiger partial charge is 0.468 e. The molecular weight excluding hydrogens is 224 g/mol. The van der Waals surface area contributed by atoms with E-state index in [1.807, 2.05) is 6.07 Å². The predicted octanol–water partition coefficient (Wildman–Crippen LogP) is 2.88. The van der Waals surface area contributed by atoms with Gasteiger partial charge in [0.15, 0.2) is 0 Å². The molecule has 0 aromatic carbocycles. The Labute approximate surface area is 111 Å². The molecule has 1 saturated heterocycles. The Balaban J connectivity index is 1.94. The van der Waals surface area contributed by atoms with Crippen molar-refractivity contribution in [2.45, 2.75) is 52.2 Å². The van der Waals surface area contributed by atoms with Gasteiger partial charge >= 0.3 is 0 Å². The van der Waals surface area contributed by atoms with E-state index < -0.39 is 0 Å². The van der Waals surface area contributed by atoms with Crippen LogP contribution in [0.25, 0.3) is 0 Å². The number of nitrogens with one attached hydrogen (secondary N) is 1. The monoisotopic (exact) mass is 250 g/mol. The minimum Gasteiger partial charge on any atom is -0.468 e. The lowest BCUT2D eigenvalue weighted by Gasteiger charge is -2.40. The predicted molar refractivity (Wildman–Crippen MR) is 74.4 cm³/mol. The lowest BCUT2D eigenvalue weighted by Crippen LogP contribution is -2.56. The molecule has 1 aromatic heterocycles. The van der Waals surface area contributed by atoms with Crippen LogP contribution >= 0.6 is 0 Å². The lowest BCUT2D eigenvalue weighted by molar-refractivity contribution is 0.103. The van der Waals surface area contributed by atoms with Crippen molar-refractivity contribution in [3.8, 4) is 0 Å². The molecule has 0 saturated carbocycles. The standard InChI is InChI=1S/C15H26N2O/c1-4-14-9-16-13(8-12(2)3)10-17(14)11-15-6-5-7-18-15/h5-7,12-14,16H,4,8-11H2,1-3H3. The summed E-state index contributed by atoms with van der Waals surface area (Å²) in [6, 6.07) is 5.32. The maximum absolute atomic E-state index is 5.48. The average molecular weight is 250 g/mol. The number of furan rings is 1. The van der Waals surface area contributed by atoms with Gasteiger partial charge in [0.2, 0.25) is 0 Å². The van der Waals surface area contributed by atoms with E-state index in [-0.39, 0.29) is 0 Å². The van der Waals surface area contributed by atoms with Gasteiger partial charge in [0.25, 0.3) is 0 Å². The second-order valence-corrected chi connectivity index (χ2v) is 5.81. The number of hydrogen-bond acceptors (Lipinski definition) is 3. The summed E-state index contributed by atoms with van der Waals surface area (Å²) in [5.41, 5.74) is 0. The summed E-state index contributed by atoms with van der Waals surface area (Å²) in [6.07, 6.45) is 4.22. The van der Waals surface area contributed by atoms with Gasteiger partial charge < -0.3 is 9.73 Å². The molecule has 0 radical (unpaired) electrons. The molecule has 0 aliphatic carbocycles. The van der Waals surface area contributed by atoms with Crippen molar-refractivity contribution in [2.24, 2.45) is 5.92 Å². The van der Waals surface area contributed by atoms with Gasteiger partial charge in [-0.05, 0) is 30.9 Å². The third-order valence-electron chi connectivity index (χ3n) is 3.78. The normalized spacial score (nSPS) is 25.8. The fourth-order valence-corrected chi connectivity index (χ4v) is 2.85. The Bertz CT molecular complexity index is 334. The summed E-state index contributed by atoms with van der Waals surface area (Å²) < 4.78 is 5.48. The lowest BCUT2D eigenvalue weighted by atomic mass is 9.99. The molecule has 2 atom stereocenters. The summed E-state index contributed by atoms with van der Waals surface area (Å²) in [5, 5.41) is 3.69. The van der Waals surface area contributed by atoms with Crippen LogP contribution in [0, 0.1) is 5.92 Å². The van der Waals surface area contributed by atoms with Crippen molar-refractivity contribution >= 4 is 0 Å². The number of hydrogen-bond donors (Lipinski definition) is 1. The first-order valence-electron chi connectivity index (χ1n) is 7.18.